The fraction of sp³-hybridized carbons (Fsp3) is 0.444. The molecule has 10 nitrogen and oxygen atoms in total. The number of carbonyl (C=O) groups excluding carboxylic acids is 1. The Morgan fingerprint density at radius 1 is 1.17 bits per heavy atom. The largest absolute Gasteiger partial charge is 0.345 e. The van der Waals surface area contributed by atoms with E-state index >= 15 is 0 Å². The number of likely N-dealkylation sites (N-methyl/N-ethyl adjacent to an activating group) is 1. The average Bonchev–Trinajstić information content (AvgIpc) is 3.73. The minimum Gasteiger partial charge on any atom is -0.345 e. The van der Waals surface area contributed by atoms with E-state index in [4.69, 9.17) is 15.1 Å². The van der Waals surface area contributed by atoms with Crippen LogP contribution in [0.4, 0.5) is 24.9 Å². The summed E-state index contributed by atoms with van der Waals surface area (Å²) in [7, 11) is 3.83. The quantitative estimate of drug-likeness (QED) is 0.301. The summed E-state index contributed by atoms with van der Waals surface area (Å²) in [5.74, 6) is 0.408. The lowest BCUT2D eigenvalue weighted by Crippen LogP contribution is -2.54. The van der Waals surface area contributed by atoms with Crippen LogP contribution in [-0.4, -0.2) is 94.3 Å². The summed E-state index contributed by atoms with van der Waals surface area (Å²) in [6.45, 7) is 4.25. The average molecular weight is 598 g/mol. The molecule has 214 valence electrons. The number of hydrogen-bond donors (Lipinski definition) is 0. The van der Waals surface area contributed by atoms with Gasteiger partial charge in [-0.1, -0.05) is 29.6 Å². The fourth-order valence-corrected chi connectivity index (χ4v) is 7.04. The maximum absolute atomic E-state index is 13.5. The van der Waals surface area contributed by atoms with Gasteiger partial charge in [0, 0.05) is 31.7 Å². The molecule has 2 fully saturated rings. The standard InChI is InChI=1S/C27H29F2N9OS2/c1-4-20-24(35(3)25-32-23(21(11-30)40-25)16-5-7-17(28)8-6-16)38-26(31-20)41-27(33-38)36-10-9-19(14-36)34(2)15-22(39)37-12-18(29)13-37/h5-8,18-19H,4,9-10,12-15H2,1-3H3/t19-/m0/s1. The van der Waals surface area contributed by atoms with Crippen LogP contribution in [0, 0.1) is 17.1 Å². The van der Waals surface area contributed by atoms with Crippen LogP contribution in [-0.2, 0) is 11.2 Å². The second kappa shape index (κ2) is 11.0. The van der Waals surface area contributed by atoms with Crippen molar-refractivity contribution in [3.63, 3.8) is 0 Å². The molecule has 41 heavy (non-hydrogen) atoms. The van der Waals surface area contributed by atoms with Gasteiger partial charge < -0.3 is 14.7 Å². The van der Waals surface area contributed by atoms with Gasteiger partial charge in [0.05, 0.1) is 25.3 Å². The molecular formula is C27H29F2N9OS2. The first-order chi connectivity index (χ1) is 19.7. The number of rotatable bonds is 8. The van der Waals surface area contributed by atoms with E-state index < -0.39 is 6.17 Å². The fourth-order valence-electron chi connectivity index (χ4n) is 5.24. The third-order valence-electron chi connectivity index (χ3n) is 7.64. The minimum atomic E-state index is -0.895. The van der Waals surface area contributed by atoms with Gasteiger partial charge in [0.25, 0.3) is 0 Å². The van der Waals surface area contributed by atoms with Gasteiger partial charge in [0.1, 0.15) is 28.6 Å². The SMILES string of the molecule is CCc1nc2sc(N3CC[C@H](N(C)CC(=O)N4CC(F)C4)C3)nn2c1N(C)c1nc(-c2ccc(F)cc2)c(C#N)s1. The number of aryl methyl sites for hydroxylation is 1. The molecule has 0 unspecified atom stereocenters. The third kappa shape index (κ3) is 5.13. The molecule has 0 aliphatic carbocycles. The predicted octanol–water partition coefficient (Wildman–Crippen LogP) is 3.95. The van der Waals surface area contributed by atoms with E-state index in [0.717, 1.165) is 41.1 Å². The van der Waals surface area contributed by atoms with E-state index in [-0.39, 0.29) is 37.4 Å². The second-order valence-corrected chi connectivity index (χ2v) is 12.3. The van der Waals surface area contributed by atoms with Crippen molar-refractivity contribution in [2.45, 2.75) is 32.0 Å². The van der Waals surface area contributed by atoms with E-state index in [1.807, 2.05) is 30.4 Å². The van der Waals surface area contributed by atoms with E-state index in [1.54, 1.807) is 17.0 Å². The first-order valence-corrected chi connectivity index (χ1v) is 15.0. The number of halogens is 2. The van der Waals surface area contributed by atoms with Gasteiger partial charge in [0.15, 0.2) is 10.9 Å². The molecule has 1 aromatic carbocycles. The van der Waals surface area contributed by atoms with Crippen molar-refractivity contribution in [3.8, 4) is 17.3 Å². The van der Waals surface area contributed by atoms with E-state index in [1.165, 1.54) is 34.8 Å². The van der Waals surface area contributed by atoms with E-state index in [9.17, 15) is 18.8 Å². The number of imidazole rings is 1. The molecule has 2 aliphatic rings. The summed E-state index contributed by atoms with van der Waals surface area (Å²) in [5.41, 5.74) is 2.06. The first kappa shape index (κ1) is 27.5. The molecule has 0 radical (unpaired) electrons. The molecule has 14 heteroatoms. The number of alkyl halides is 1. The minimum absolute atomic E-state index is 0.0309. The molecule has 0 N–H and O–H groups in total. The van der Waals surface area contributed by atoms with Gasteiger partial charge >= 0.3 is 0 Å². The molecule has 1 atom stereocenters. The van der Waals surface area contributed by atoms with Crippen molar-refractivity contribution in [3.05, 3.63) is 40.7 Å². The number of hydrogen-bond acceptors (Lipinski definition) is 10. The lowest BCUT2D eigenvalue weighted by molar-refractivity contribution is -0.139. The third-order valence-corrected chi connectivity index (χ3v) is 9.65. The second-order valence-electron chi connectivity index (χ2n) is 10.4. The topological polar surface area (TPSA) is 96.9 Å². The molecule has 6 rings (SSSR count). The number of aromatic nitrogens is 4. The number of anilines is 3. The van der Waals surface area contributed by atoms with Gasteiger partial charge in [0.2, 0.25) is 16.0 Å². The Balaban J connectivity index is 1.22. The molecule has 2 aliphatic heterocycles. The van der Waals surface area contributed by atoms with E-state index in [2.05, 4.69) is 15.9 Å². The number of fused-ring (bicyclic) bond motifs is 1. The number of nitriles is 1. The number of amides is 1. The smallest absolute Gasteiger partial charge is 0.236 e. The highest BCUT2D eigenvalue weighted by atomic mass is 32.1. The molecule has 0 bridgehead atoms. The van der Waals surface area contributed by atoms with Crippen molar-refractivity contribution in [1.29, 1.82) is 5.26 Å². The number of thiazole rings is 1. The summed E-state index contributed by atoms with van der Waals surface area (Å²) >= 11 is 2.78. The van der Waals surface area contributed by atoms with Crippen LogP contribution >= 0.6 is 22.7 Å². The molecule has 3 aromatic heterocycles. The van der Waals surface area contributed by atoms with Gasteiger partial charge in [-0.3, -0.25) is 9.69 Å². The van der Waals surface area contributed by atoms with Gasteiger partial charge in [-0.05, 0) is 44.2 Å². The molecule has 2 saturated heterocycles. The van der Waals surface area contributed by atoms with Gasteiger partial charge in [-0.15, -0.1) is 5.10 Å². The summed E-state index contributed by atoms with van der Waals surface area (Å²) in [5, 5.41) is 16.2. The van der Waals surface area contributed by atoms with Crippen LogP contribution in [0.25, 0.3) is 16.2 Å². The molecule has 0 saturated carbocycles. The highest BCUT2D eigenvalue weighted by Gasteiger charge is 2.34. The highest BCUT2D eigenvalue weighted by Crippen LogP contribution is 2.38. The lowest BCUT2D eigenvalue weighted by Gasteiger charge is -2.36. The zero-order valence-corrected chi connectivity index (χ0v) is 24.6. The van der Waals surface area contributed by atoms with E-state index in [0.29, 0.717) is 27.7 Å². The number of carbonyl (C=O) groups is 1. The van der Waals surface area contributed by atoms with Crippen molar-refractivity contribution < 1.29 is 13.6 Å². The Kier molecular flexibility index (Phi) is 7.35. The Hall–Kier alpha value is -3.67. The maximum atomic E-state index is 13.5. The molecule has 1 amide bonds. The van der Waals surface area contributed by atoms with Crippen LogP contribution in [0.2, 0.25) is 0 Å². The normalized spacial score (nSPS) is 17.4. The molecule has 5 heterocycles. The van der Waals surface area contributed by atoms with Gasteiger partial charge in [-0.2, -0.15) is 9.78 Å². The molecule has 4 aromatic rings. The zero-order chi connectivity index (χ0) is 28.8. The van der Waals surface area contributed by atoms with Gasteiger partial charge in [-0.25, -0.2) is 18.7 Å². The Labute approximate surface area is 244 Å². The summed E-state index contributed by atoms with van der Waals surface area (Å²) < 4.78 is 28.5. The lowest BCUT2D eigenvalue weighted by atomic mass is 10.1. The van der Waals surface area contributed by atoms with Crippen LogP contribution in [0.15, 0.2) is 24.3 Å². The zero-order valence-electron chi connectivity index (χ0n) is 22.9. The number of nitrogens with zero attached hydrogens (tertiary/aromatic N) is 9. The van der Waals surface area contributed by atoms with Crippen LogP contribution in [0.1, 0.15) is 23.9 Å². The van der Waals surface area contributed by atoms with Crippen molar-refractivity contribution in [1.82, 2.24) is 29.4 Å². The van der Waals surface area contributed by atoms with Crippen molar-refractivity contribution in [2.24, 2.45) is 0 Å². The maximum Gasteiger partial charge on any atom is 0.236 e. The van der Waals surface area contributed by atoms with Crippen molar-refractivity contribution in [2.75, 3.05) is 56.6 Å². The highest BCUT2D eigenvalue weighted by molar-refractivity contribution is 7.20. The molecular weight excluding hydrogens is 568 g/mol. The summed E-state index contributed by atoms with van der Waals surface area (Å²) in [6, 6.07) is 8.38. The summed E-state index contributed by atoms with van der Waals surface area (Å²) in [4.78, 5) is 31.0. The monoisotopic (exact) mass is 597 g/mol. The number of benzene rings is 1. The Morgan fingerprint density at radius 3 is 2.61 bits per heavy atom. The first-order valence-electron chi connectivity index (χ1n) is 13.4. The predicted molar refractivity (Wildman–Crippen MR) is 155 cm³/mol. The summed E-state index contributed by atoms with van der Waals surface area (Å²) in [6.07, 6.45) is 0.692. The Morgan fingerprint density at radius 2 is 1.93 bits per heavy atom. The van der Waals surface area contributed by atoms with Crippen LogP contribution in [0.5, 0.6) is 0 Å². The van der Waals surface area contributed by atoms with Crippen LogP contribution < -0.4 is 9.80 Å². The van der Waals surface area contributed by atoms with Crippen LogP contribution in [0.3, 0.4) is 0 Å². The molecule has 0 spiro atoms. The van der Waals surface area contributed by atoms with Crippen molar-refractivity contribution >= 4 is 49.6 Å². The number of likely N-dealkylation sites (tertiary alicyclic amines) is 1. The Bertz CT molecular complexity index is 1620.